The molecule has 60 heavy (non-hydrogen) atoms. The fourth-order valence-electron chi connectivity index (χ4n) is 6.25. The lowest BCUT2D eigenvalue weighted by molar-refractivity contribution is -0.343. The quantitative estimate of drug-likeness (QED) is 0.100. The normalized spacial score (nSPS) is 27.0. The number of fused-ring (bicyclic) bond motifs is 2. The number of nitrogens with two attached hydrogens (primary N) is 2. The smallest absolute Gasteiger partial charge is 0.280 e. The Balaban J connectivity index is 1.32. The van der Waals surface area contributed by atoms with E-state index in [9.17, 15) is 33.7 Å². The number of anilines is 2. The highest BCUT2D eigenvalue weighted by molar-refractivity contribution is 7.45. The van der Waals surface area contributed by atoms with Crippen molar-refractivity contribution >= 4 is 66.4 Å². The summed E-state index contributed by atoms with van der Waals surface area (Å²) in [5.41, 5.74) is 11.6. The van der Waals surface area contributed by atoms with E-state index in [1.165, 1.54) is 28.1 Å². The number of rotatable bonds is 14. The van der Waals surface area contributed by atoms with Gasteiger partial charge in [0.25, 0.3) is 13.4 Å². The summed E-state index contributed by atoms with van der Waals surface area (Å²) < 4.78 is 69.8. The summed E-state index contributed by atoms with van der Waals surface area (Å²) in [5, 5.41) is 10.9. The number of nitrogens with zero attached hydrogens (tertiary/aromatic N) is 7. The molecule has 6 rings (SSSR count). The van der Waals surface area contributed by atoms with Gasteiger partial charge in [-0.1, -0.05) is 41.5 Å². The number of H-pyrrole nitrogens is 1. The van der Waals surface area contributed by atoms with Gasteiger partial charge in [0.05, 0.1) is 33.7 Å². The molecule has 6 N–H and O–H groups in total. The number of nitrogen functional groups attached to an aromatic ring is 2. The SMILES string of the molecule is CC(C)(C)[Si](C)(C)OC1C(O)[C@@H](COP(=O)([O-])OC2C(O[Si](C)(C)C(C)(C)C)[C@H](n3cnc4c(N)ncnc43)O[C@@H]2COP(=O)([O-])[O-])O[C@H]1n1cnc2c(=O)[nH]c(N)nc21. The van der Waals surface area contributed by atoms with Gasteiger partial charge in [0.15, 0.2) is 51.7 Å². The third-order valence-electron chi connectivity index (χ3n) is 11.5. The van der Waals surface area contributed by atoms with Crippen LogP contribution in [0.2, 0.25) is 36.3 Å². The van der Waals surface area contributed by atoms with Crippen LogP contribution in [0.25, 0.3) is 22.3 Å². The molecule has 4 aromatic heterocycles. The van der Waals surface area contributed by atoms with Gasteiger partial charge in [0.1, 0.15) is 48.5 Å². The zero-order valence-corrected chi connectivity index (χ0v) is 38.5. The second-order valence-corrected chi connectivity index (χ2v) is 29.7. The molecule has 2 saturated heterocycles. The molecule has 4 aromatic rings. The Bertz CT molecular complexity index is 2360. The zero-order chi connectivity index (χ0) is 44.5. The van der Waals surface area contributed by atoms with Gasteiger partial charge in [-0.15, -0.1) is 0 Å². The lowest BCUT2D eigenvalue weighted by Gasteiger charge is -2.41. The molecular formula is C32H51N10O14P2Si2-3. The summed E-state index contributed by atoms with van der Waals surface area (Å²) >= 11 is 0. The van der Waals surface area contributed by atoms with Crippen LogP contribution in [0.4, 0.5) is 11.8 Å². The first-order valence-electron chi connectivity index (χ1n) is 18.8. The molecular weight excluding hydrogens is 867 g/mol. The van der Waals surface area contributed by atoms with Gasteiger partial charge in [-0.05, 0) is 36.3 Å². The van der Waals surface area contributed by atoms with Gasteiger partial charge in [-0.3, -0.25) is 23.5 Å². The molecule has 28 heteroatoms. The van der Waals surface area contributed by atoms with Crippen LogP contribution in [0, 0.1) is 0 Å². The van der Waals surface area contributed by atoms with Crippen LogP contribution >= 0.6 is 15.6 Å². The number of imidazole rings is 2. The van der Waals surface area contributed by atoms with Crippen LogP contribution in [0.5, 0.6) is 0 Å². The van der Waals surface area contributed by atoms with E-state index in [0.717, 1.165) is 0 Å². The average molecular weight is 918 g/mol. The van der Waals surface area contributed by atoms with Gasteiger partial charge in [-0.25, -0.2) is 19.9 Å². The summed E-state index contributed by atoms with van der Waals surface area (Å²) in [7, 11) is -16.7. The number of phosphoric ester groups is 2. The number of phosphoric acid groups is 2. The summed E-state index contributed by atoms with van der Waals surface area (Å²) in [6.07, 6.45) is -7.36. The zero-order valence-electron chi connectivity index (χ0n) is 34.7. The number of ether oxygens (including phenoxy) is 2. The number of aliphatic hydroxyl groups excluding tert-OH is 1. The van der Waals surface area contributed by atoms with Crippen LogP contribution in [0.15, 0.2) is 23.8 Å². The Morgan fingerprint density at radius 3 is 1.93 bits per heavy atom. The average Bonchev–Trinajstić information content (AvgIpc) is 3.86. The number of aromatic amines is 1. The minimum Gasteiger partial charge on any atom is -0.790 e. The van der Waals surface area contributed by atoms with Crippen molar-refractivity contribution in [1.29, 1.82) is 0 Å². The molecule has 2 aliphatic heterocycles. The number of hydrogen-bond donors (Lipinski definition) is 4. The highest BCUT2D eigenvalue weighted by Crippen LogP contribution is 2.50. The minimum atomic E-state index is -5.62. The Morgan fingerprint density at radius 2 is 1.33 bits per heavy atom. The predicted octanol–water partition coefficient (Wildman–Crippen LogP) is 0.776. The largest absolute Gasteiger partial charge is 0.790 e. The van der Waals surface area contributed by atoms with Gasteiger partial charge in [0, 0.05) is 0 Å². The van der Waals surface area contributed by atoms with Crippen LogP contribution in [-0.2, 0) is 41.0 Å². The molecule has 5 unspecified atom stereocenters. The Kier molecular flexibility index (Phi) is 12.6. The number of hydrogen-bond acceptors (Lipinski definition) is 21. The molecule has 2 aliphatic rings. The summed E-state index contributed by atoms with van der Waals surface area (Å²) in [5.74, 6) is -0.170. The van der Waals surface area contributed by atoms with E-state index < -0.39 is 105 Å². The maximum atomic E-state index is 13.9. The molecule has 2 fully saturated rings. The second-order valence-electron chi connectivity index (χ2n) is 17.7. The fourth-order valence-corrected chi connectivity index (χ4v) is 10.1. The second kappa shape index (κ2) is 16.3. The fraction of sp³-hybridized carbons (Fsp3) is 0.688. The molecule has 0 amide bonds. The Morgan fingerprint density at radius 1 is 0.800 bits per heavy atom. The summed E-state index contributed by atoms with van der Waals surface area (Å²) in [4.78, 5) is 73.1. The molecule has 0 spiro atoms. The van der Waals surface area contributed by atoms with Crippen molar-refractivity contribution in [3.8, 4) is 0 Å². The van der Waals surface area contributed by atoms with Crippen LogP contribution in [-0.4, -0.2) is 111 Å². The Labute approximate surface area is 346 Å². The minimum absolute atomic E-state index is 0.0222. The molecule has 0 aromatic carbocycles. The number of nitrogens with one attached hydrogen (secondary N) is 1. The van der Waals surface area contributed by atoms with Crippen molar-refractivity contribution in [3.05, 3.63) is 29.3 Å². The monoisotopic (exact) mass is 917 g/mol. The molecule has 6 heterocycles. The van der Waals surface area contributed by atoms with E-state index in [1.807, 2.05) is 67.7 Å². The van der Waals surface area contributed by atoms with Gasteiger partial charge in [-0.2, -0.15) is 4.98 Å². The van der Waals surface area contributed by atoms with Gasteiger partial charge in [0.2, 0.25) is 5.95 Å². The van der Waals surface area contributed by atoms with Crippen LogP contribution < -0.4 is 31.7 Å². The molecule has 0 radical (unpaired) electrons. The van der Waals surface area contributed by atoms with Gasteiger partial charge >= 0.3 is 0 Å². The standard InChI is InChI=1S/C32H54N10O14P2Si2/c1-31(2,3)59(7,8)55-22-20(43)16(52-28(22)42-15-38-19-26(42)39-30(34)40-27(19)44)11-51-58(48,49)54-21-17(12-50-57(45,46)47)53-29(23(21)56-60(9,10)32(4,5)6)41-14-37-18-24(33)35-13-36-25(18)41/h13-17,20-23,28-29,43H,11-12H2,1-10H3,(H,48,49)(H2,33,35,36)(H2,45,46,47)(H3,34,39,40,44)/p-3/t16-,17-,20?,21?,22?,23?,28-,29-/m1/s1. The molecule has 0 aliphatic carbocycles. The highest BCUT2D eigenvalue weighted by atomic mass is 31.2. The van der Waals surface area contributed by atoms with E-state index in [4.69, 9.17) is 38.8 Å². The van der Waals surface area contributed by atoms with Crippen molar-refractivity contribution in [3.63, 3.8) is 0 Å². The maximum absolute atomic E-state index is 13.9. The molecule has 24 nitrogen and oxygen atoms in total. The third-order valence-corrected chi connectivity index (χ3v) is 21.9. The lowest BCUT2D eigenvalue weighted by atomic mass is 10.1. The van der Waals surface area contributed by atoms with E-state index in [2.05, 4.69) is 34.4 Å². The third kappa shape index (κ3) is 9.47. The number of aliphatic hydroxyl groups is 1. The van der Waals surface area contributed by atoms with Crippen molar-refractivity contribution in [2.24, 2.45) is 0 Å². The van der Waals surface area contributed by atoms with E-state index >= 15 is 0 Å². The lowest BCUT2D eigenvalue weighted by Crippen LogP contribution is -2.49. The Hall–Kier alpha value is -3.05. The highest BCUT2D eigenvalue weighted by Gasteiger charge is 2.54. The van der Waals surface area contributed by atoms with Crippen LogP contribution in [0.1, 0.15) is 54.0 Å². The molecule has 0 bridgehead atoms. The molecule has 9 atom stereocenters. The first-order valence-corrected chi connectivity index (χ1v) is 27.5. The predicted molar refractivity (Wildman–Crippen MR) is 212 cm³/mol. The van der Waals surface area contributed by atoms with Gasteiger partial charge < -0.3 is 67.7 Å². The maximum Gasteiger partial charge on any atom is 0.280 e. The molecule has 334 valence electrons. The van der Waals surface area contributed by atoms with Crippen molar-refractivity contribution < 1.29 is 60.8 Å². The van der Waals surface area contributed by atoms with E-state index in [-0.39, 0.29) is 39.1 Å². The van der Waals surface area contributed by atoms with Crippen LogP contribution in [0.3, 0.4) is 0 Å². The first-order chi connectivity index (χ1) is 27.5. The van der Waals surface area contributed by atoms with Crippen molar-refractivity contribution in [1.82, 2.24) is 39.0 Å². The van der Waals surface area contributed by atoms with Crippen molar-refractivity contribution in [2.75, 3.05) is 24.7 Å². The summed E-state index contributed by atoms with van der Waals surface area (Å²) in [6, 6.07) is 0. The number of aromatic nitrogens is 8. The summed E-state index contributed by atoms with van der Waals surface area (Å²) in [6.45, 7) is 17.6. The first kappa shape index (κ1) is 46.5. The van der Waals surface area contributed by atoms with Crippen molar-refractivity contribution in [2.45, 2.75) is 127 Å². The topological polar surface area (TPSA) is 347 Å². The van der Waals surface area contributed by atoms with E-state index in [1.54, 1.807) is 0 Å². The molecule has 0 saturated carbocycles. The van der Waals surface area contributed by atoms with E-state index in [0.29, 0.717) is 0 Å².